The van der Waals surface area contributed by atoms with Crippen molar-refractivity contribution in [1.82, 2.24) is 0 Å². The molecule has 4 nitrogen and oxygen atoms in total. The van der Waals surface area contributed by atoms with Crippen molar-refractivity contribution in [3.05, 3.63) is 29.3 Å². The molecule has 4 heteroatoms. The Kier molecular flexibility index (Phi) is 5.37. The van der Waals surface area contributed by atoms with Crippen LogP contribution in [0.4, 0.5) is 5.69 Å². The average molecular weight is 289 g/mol. The summed E-state index contributed by atoms with van der Waals surface area (Å²) < 4.78 is 0. The van der Waals surface area contributed by atoms with Crippen molar-refractivity contribution in [3.8, 4) is 0 Å². The van der Waals surface area contributed by atoms with Crippen LogP contribution in [0.1, 0.15) is 60.9 Å². The summed E-state index contributed by atoms with van der Waals surface area (Å²) in [6.07, 6.45) is 7.61. The van der Waals surface area contributed by atoms with Gasteiger partial charge in [0, 0.05) is 5.92 Å². The molecule has 0 atom stereocenters. The van der Waals surface area contributed by atoms with E-state index < -0.39 is 5.97 Å². The van der Waals surface area contributed by atoms with Gasteiger partial charge in [-0.2, -0.15) is 0 Å². The molecule has 0 spiro atoms. The first-order chi connectivity index (χ1) is 10.1. The monoisotopic (exact) mass is 289 g/mol. The number of para-hydroxylation sites is 1. The van der Waals surface area contributed by atoms with Crippen LogP contribution in [0.5, 0.6) is 0 Å². The third-order valence-corrected chi connectivity index (χ3v) is 4.23. The van der Waals surface area contributed by atoms with Crippen LogP contribution in [-0.4, -0.2) is 17.0 Å². The van der Waals surface area contributed by atoms with Gasteiger partial charge < -0.3 is 10.4 Å². The second kappa shape index (κ2) is 7.25. The molecular weight excluding hydrogens is 266 g/mol. The summed E-state index contributed by atoms with van der Waals surface area (Å²) >= 11 is 0. The van der Waals surface area contributed by atoms with Gasteiger partial charge in [-0.1, -0.05) is 44.2 Å². The molecule has 1 aliphatic rings. The molecule has 1 aliphatic carbocycles. The summed E-state index contributed by atoms with van der Waals surface area (Å²) in [5.74, 6) is -1.04. The van der Waals surface area contributed by atoms with Gasteiger partial charge in [0.2, 0.25) is 5.91 Å². The van der Waals surface area contributed by atoms with Crippen molar-refractivity contribution >= 4 is 17.6 Å². The number of aryl methyl sites for hydroxylation is 1. The van der Waals surface area contributed by atoms with Gasteiger partial charge in [0.25, 0.3) is 0 Å². The minimum Gasteiger partial charge on any atom is -0.478 e. The van der Waals surface area contributed by atoms with Crippen LogP contribution in [0, 0.1) is 12.8 Å². The number of carbonyl (C=O) groups excluding carboxylic acids is 1. The highest BCUT2D eigenvalue weighted by molar-refractivity contribution is 6.02. The Balaban J connectivity index is 2.13. The van der Waals surface area contributed by atoms with Gasteiger partial charge in [-0.15, -0.1) is 0 Å². The lowest BCUT2D eigenvalue weighted by Crippen LogP contribution is -2.25. The number of benzene rings is 1. The molecule has 2 rings (SSSR count). The molecule has 21 heavy (non-hydrogen) atoms. The minimum absolute atomic E-state index is 0.00607. The largest absolute Gasteiger partial charge is 0.478 e. The fraction of sp³-hybridized carbons (Fsp3) is 0.529. The molecule has 0 heterocycles. The maximum atomic E-state index is 12.5. The van der Waals surface area contributed by atoms with E-state index in [0.29, 0.717) is 5.69 Å². The van der Waals surface area contributed by atoms with Crippen LogP contribution in [0.3, 0.4) is 0 Å². The van der Waals surface area contributed by atoms with E-state index in [1.165, 1.54) is 25.3 Å². The van der Waals surface area contributed by atoms with E-state index >= 15 is 0 Å². The number of carboxylic acids is 1. The van der Waals surface area contributed by atoms with Gasteiger partial charge in [-0.3, -0.25) is 4.79 Å². The van der Waals surface area contributed by atoms with Crippen LogP contribution < -0.4 is 5.32 Å². The van der Waals surface area contributed by atoms with Gasteiger partial charge in [-0.05, 0) is 31.4 Å². The summed E-state index contributed by atoms with van der Waals surface area (Å²) in [7, 11) is 0. The number of aromatic carboxylic acids is 1. The second-order valence-corrected chi connectivity index (χ2v) is 5.83. The van der Waals surface area contributed by atoms with E-state index in [9.17, 15) is 14.7 Å². The molecule has 0 unspecified atom stereocenters. The lowest BCUT2D eigenvalue weighted by Gasteiger charge is -2.20. The zero-order valence-electron chi connectivity index (χ0n) is 12.5. The summed E-state index contributed by atoms with van der Waals surface area (Å²) in [5.41, 5.74) is 1.39. The number of hydrogen-bond donors (Lipinski definition) is 2. The Morgan fingerprint density at radius 3 is 2.33 bits per heavy atom. The van der Waals surface area contributed by atoms with E-state index in [4.69, 9.17) is 0 Å². The average Bonchev–Trinajstić information content (AvgIpc) is 2.40. The van der Waals surface area contributed by atoms with Crippen molar-refractivity contribution in [3.63, 3.8) is 0 Å². The summed E-state index contributed by atoms with van der Waals surface area (Å²) in [6.45, 7) is 1.82. The zero-order valence-corrected chi connectivity index (χ0v) is 12.5. The third kappa shape index (κ3) is 4.06. The fourth-order valence-electron chi connectivity index (χ4n) is 2.96. The first kappa shape index (κ1) is 15.5. The SMILES string of the molecule is Cc1cccc(C(=O)O)c1NC(=O)C1CCCCCCC1. The third-order valence-electron chi connectivity index (χ3n) is 4.23. The molecule has 2 N–H and O–H groups in total. The number of nitrogens with one attached hydrogen (secondary N) is 1. The van der Waals surface area contributed by atoms with E-state index in [0.717, 1.165) is 31.2 Å². The molecule has 0 bridgehead atoms. The number of carbonyl (C=O) groups is 2. The van der Waals surface area contributed by atoms with Gasteiger partial charge >= 0.3 is 5.97 Å². The first-order valence-corrected chi connectivity index (χ1v) is 7.73. The van der Waals surface area contributed by atoms with Crippen molar-refractivity contribution in [2.45, 2.75) is 51.9 Å². The van der Waals surface area contributed by atoms with Crippen molar-refractivity contribution in [2.75, 3.05) is 5.32 Å². The Bertz CT molecular complexity index is 517. The molecule has 1 aromatic rings. The minimum atomic E-state index is -1.01. The highest BCUT2D eigenvalue weighted by atomic mass is 16.4. The summed E-state index contributed by atoms with van der Waals surface area (Å²) in [4.78, 5) is 23.7. The fourth-order valence-corrected chi connectivity index (χ4v) is 2.96. The zero-order chi connectivity index (χ0) is 15.2. The molecule has 1 saturated carbocycles. The van der Waals surface area contributed by atoms with Gasteiger partial charge in [0.05, 0.1) is 11.3 Å². The molecule has 1 amide bonds. The Labute approximate surface area is 125 Å². The summed E-state index contributed by atoms with van der Waals surface area (Å²) in [5, 5.41) is 12.1. The molecule has 0 saturated heterocycles. The van der Waals surface area contributed by atoms with Crippen molar-refractivity contribution < 1.29 is 14.7 Å². The number of amides is 1. The number of anilines is 1. The Hall–Kier alpha value is -1.84. The van der Waals surface area contributed by atoms with Crippen LogP contribution in [0.25, 0.3) is 0 Å². The lowest BCUT2D eigenvalue weighted by atomic mass is 9.90. The van der Waals surface area contributed by atoms with Crippen molar-refractivity contribution in [2.24, 2.45) is 5.92 Å². The maximum Gasteiger partial charge on any atom is 0.337 e. The molecule has 114 valence electrons. The predicted molar refractivity (Wildman–Crippen MR) is 82.6 cm³/mol. The topological polar surface area (TPSA) is 66.4 Å². The number of rotatable bonds is 3. The smallest absolute Gasteiger partial charge is 0.337 e. The highest BCUT2D eigenvalue weighted by Gasteiger charge is 2.22. The second-order valence-electron chi connectivity index (χ2n) is 5.83. The van der Waals surface area contributed by atoms with Crippen LogP contribution in [-0.2, 0) is 4.79 Å². The molecule has 1 fully saturated rings. The number of hydrogen-bond acceptors (Lipinski definition) is 2. The maximum absolute atomic E-state index is 12.5. The van der Waals surface area contributed by atoms with E-state index in [-0.39, 0.29) is 17.4 Å². The predicted octanol–water partition coefficient (Wildman–Crippen LogP) is 3.99. The highest BCUT2D eigenvalue weighted by Crippen LogP contribution is 2.26. The Morgan fingerprint density at radius 2 is 1.71 bits per heavy atom. The summed E-state index contributed by atoms with van der Waals surface area (Å²) in [6, 6.07) is 5.05. The lowest BCUT2D eigenvalue weighted by molar-refractivity contribution is -0.120. The van der Waals surface area contributed by atoms with E-state index in [2.05, 4.69) is 5.32 Å². The Morgan fingerprint density at radius 1 is 1.10 bits per heavy atom. The normalized spacial score (nSPS) is 16.8. The van der Waals surface area contributed by atoms with Crippen LogP contribution in [0.15, 0.2) is 18.2 Å². The van der Waals surface area contributed by atoms with Crippen LogP contribution >= 0.6 is 0 Å². The first-order valence-electron chi connectivity index (χ1n) is 7.73. The molecule has 0 aliphatic heterocycles. The van der Waals surface area contributed by atoms with E-state index in [1.807, 2.05) is 13.0 Å². The van der Waals surface area contributed by atoms with Gasteiger partial charge in [-0.25, -0.2) is 4.79 Å². The number of carboxylic acid groups (broad SMARTS) is 1. The van der Waals surface area contributed by atoms with Crippen molar-refractivity contribution in [1.29, 1.82) is 0 Å². The molecular formula is C17H23NO3. The van der Waals surface area contributed by atoms with Gasteiger partial charge in [0.15, 0.2) is 0 Å². The van der Waals surface area contributed by atoms with Gasteiger partial charge in [0.1, 0.15) is 0 Å². The molecule has 1 aromatic carbocycles. The molecule has 0 aromatic heterocycles. The van der Waals surface area contributed by atoms with Crippen LogP contribution in [0.2, 0.25) is 0 Å². The molecule has 0 radical (unpaired) electrons. The standard InChI is InChI=1S/C17H23NO3/c1-12-8-7-11-14(17(20)21)15(12)18-16(19)13-9-5-3-2-4-6-10-13/h7-8,11,13H,2-6,9-10H2,1H3,(H,18,19)(H,20,21). The quantitative estimate of drug-likeness (QED) is 0.884. The van der Waals surface area contributed by atoms with E-state index in [1.54, 1.807) is 6.07 Å².